The van der Waals surface area contributed by atoms with Gasteiger partial charge in [-0.3, -0.25) is 4.79 Å². The fourth-order valence-electron chi connectivity index (χ4n) is 1.57. The quantitative estimate of drug-likeness (QED) is 0.831. The van der Waals surface area contributed by atoms with Crippen molar-refractivity contribution >= 4 is 5.78 Å². The molecule has 100 valence electrons. The van der Waals surface area contributed by atoms with Gasteiger partial charge in [0.15, 0.2) is 5.82 Å². The Labute approximate surface area is 110 Å². The number of hydrogen-bond donors (Lipinski definition) is 0. The van der Waals surface area contributed by atoms with Gasteiger partial charge in [0, 0.05) is 12.3 Å². The van der Waals surface area contributed by atoms with Crippen molar-refractivity contribution < 1.29 is 13.7 Å². The van der Waals surface area contributed by atoms with Crippen LogP contribution >= 0.6 is 0 Å². The summed E-state index contributed by atoms with van der Waals surface area (Å²) in [5.74, 6) is 0.568. The van der Waals surface area contributed by atoms with E-state index in [0.717, 1.165) is 5.56 Å². The lowest BCUT2D eigenvalue weighted by atomic mass is 10.1. The number of carbonyl (C=O) groups excluding carboxylic acids is 1. The molecular weight excluding hydrogens is 247 g/mol. The molecule has 1 aromatic carbocycles. The van der Waals surface area contributed by atoms with E-state index in [-0.39, 0.29) is 23.9 Å². The maximum atomic E-state index is 12.8. The topological polar surface area (TPSA) is 56.0 Å². The Morgan fingerprint density at radius 2 is 2.00 bits per heavy atom. The van der Waals surface area contributed by atoms with Crippen LogP contribution in [-0.2, 0) is 17.6 Å². The number of Topliss-reactive ketones (excluding diaryl/α,β-unsaturated/α-hetero) is 1. The number of aromatic nitrogens is 2. The van der Waals surface area contributed by atoms with E-state index < -0.39 is 0 Å². The van der Waals surface area contributed by atoms with E-state index in [2.05, 4.69) is 10.1 Å². The molecule has 0 amide bonds. The van der Waals surface area contributed by atoms with Crippen molar-refractivity contribution in [2.24, 2.45) is 5.92 Å². The molecule has 5 heteroatoms. The Morgan fingerprint density at radius 1 is 1.32 bits per heavy atom. The molecule has 0 bridgehead atoms. The highest BCUT2D eigenvalue weighted by atomic mass is 19.1. The van der Waals surface area contributed by atoms with Gasteiger partial charge in [-0.2, -0.15) is 4.98 Å². The minimum absolute atomic E-state index is 0.0487. The number of carbonyl (C=O) groups is 1. The highest BCUT2D eigenvalue weighted by molar-refractivity contribution is 5.81. The first kappa shape index (κ1) is 13.4. The van der Waals surface area contributed by atoms with Crippen LogP contribution in [0.5, 0.6) is 0 Å². The first-order chi connectivity index (χ1) is 9.04. The predicted octanol–water partition coefficient (Wildman–Crippen LogP) is 2.57. The van der Waals surface area contributed by atoms with Gasteiger partial charge in [-0.1, -0.05) is 31.1 Å². The van der Waals surface area contributed by atoms with Crippen molar-refractivity contribution in [2.45, 2.75) is 26.7 Å². The van der Waals surface area contributed by atoms with E-state index in [9.17, 15) is 9.18 Å². The summed E-state index contributed by atoms with van der Waals surface area (Å²) in [5.41, 5.74) is 0.893. The summed E-state index contributed by atoms with van der Waals surface area (Å²) < 4.78 is 17.8. The molecule has 2 rings (SSSR count). The first-order valence-corrected chi connectivity index (χ1v) is 6.13. The van der Waals surface area contributed by atoms with Gasteiger partial charge in [0.2, 0.25) is 5.89 Å². The summed E-state index contributed by atoms with van der Waals surface area (Å²) in [6.07, 6.45) is 0.619. The van der Waals surface area contributed by atoms with Crippen LogP contribution in [0.1, 0.15) is 31.1 Å². The Bertz CT molecular complexity index is 561. The SMILES string of the molecule is CC(C)C(=O)Cc1nc(Cc2ccc(F)cc2)no1. The van der Waals surface area contributed by atoms with Crippen LogP contribution in [0.4, 0.5) is 4.39 Å². The Hall–Kier alpha value is -2.04. The van der Waals surface area contributed by atoms with Gasteiger partial charge >= 0.3 is 0 Å². The molecule has 4 nitrogen and oxygen atoms in total. The molecule has 0 aliphatic carbocycles. The predicted molar refractivity (Wildman–Crippen MR) is 67.1 cm³/mol. The molecule has 1 heterocycles. The van der Waals surface area contributed by atoms with E-state index in [4.69, 9.17) is 4.52 Å². The van der Waals surface area contributed by atoms with Gasteiger partial charge in [0.25, 0.3) is 0 Å². The molecule has 0 unspecified atom stereocenters. The Kier molecular flexibility index (Phi) is 4.04. The van der Waals surface area contributed by atoms with E-state index in [0.29, 0.717) is 18.1 Å². The third kappa shape index (κ3) is 3.71. The monoisotopic (exact) mass is 262 g/mol. The second-order valence-electron chi connectivity index (χ2n) is 4.71. The Balaban J connectivity index is 2.01. The third-order valence-electron chi connectivity index (χ3n) is 2.76. The molecule has 0 aliphatic rings. The zero-order valence-corrected chi connectivity index (χ0v) is 10.9. The smallest absolute Gasteiger partial charge is 0.234 e. The fourth-order valence-corrected chi connectivity index (χ4v) is 1.57. The number of halogens is 1. The molecule has 0 spiro atoms. The molecule has 0 fully saturated rings. The van der Waals surface area contributed by atoms with Crippen molar-refractivity contribution in [3.8, 4) is 0 Å². The molecule has 19 heavy (non-hydrogen) atoms. The first-order valence-electron chi connectivity index (χ1n) is 6.13. The number of rotatable bonds is 5. The zero-order chi connectivity index (χ0) is 13.8. The fraction of sp³-hybridized carbons (Fsp3) is 0.357. The van der Waals surface area contributed by atoms with Gasteiger partial charge < -0.3 is 4.52 Å². The summed E-state index contributed by atoms with van der Waals surface area (Å²) in [6, 6.07) is 6.12. The van der Waals surface area contributed by atoms with E-state index in [1.807, 2.05) is 13.8 Å². The summed E-state index contributed by atoms with van der Waals surface area (Å²) in [5, 5.41) is 3.81. The van der Waals surface area contributed by atoms with Crippen LogP contribution in [-0.4, -0.2) is 15.9 Å². The number of hydrogen-bond acceptors (Lipinski definition) is 4. The van der Waals surface area contributed by atoms with Crippen LogP contribution in [0, 0.1) is 11.7 Å². The lowest BCUT2D eigenvalue weighted by molar-refractivity contribution is -0.121. The van der Waals surface area contributed by atoms with Gasteiger partial charge in [-0.05, 0) is 17.7 Å². The highest BCUT2D eigenvalue weighted by Gasteiger charge is 2.14. The third-order valence-corrected chi connectivity index (χ3v) is 2.76. The maximum Gasteiger partial charge on any atom is 0.234 e. The van der Waals surface area contributed by atoms with Crippen LogP contribution in [0.2, 0.25) is 0 Å². The molecule has 0 saturated heterocycles. The lowest BCUT2D eigenvalue weighted by Crippen LogP contribution is -2.10. The van der Waals surface area contributed by atoms with Crippen molar-refractivity contribution in [3.63, 3.8) is 0 Å². The minimum atomic E-state index is -0.278. The van der Waals surface area contributed by atoms with Gasteiger partial charge in [-0.15, -0.1) is 0 Å². The molecule has 0 atom stereocenters. The van der Waals surface area contributed by atoms with Gasteiger partial charge in [0.1, 0.15) is 11.6 Å². The molecule has 2 aromatic rings. The summed E-state index contributed by atoms with van der Waals surface area (Å²) in [6.45, 7) is 3.66. The van der Waals surface area contributed by atoms with E-state index in [1.54, 1.807) is 12.1 Å². The van der Waals surface area contributed by atoms with Gasteiger partial charge in [-0.25, -0.2) is 4.39 Å². The number of nitrogens with zero attached hydrogens (tertiary/aromatic N) is 2. The van der Waals surface area contributed by atoms with Crippen molar-refractivity contribution in [2.75, 3.05) is 0 Å². The van der Waals surface area contributed by atoms with Gasteiger partial charge in [0.05, 0.1) is 6.42 Å². The lowest BCUT2D eigenvalue weighted by Gasteiger charge is -1.98. The largest absolute Gasteiger partial charge is 0.339 e. The second kappa shape index (κ2) is 5.73. The van der Waals surface area contributed by atoms with Crippen molar-refractivity contribution in [3.05, 3.63) is 47.4 Å². The standard InChI is InChI=1S/C14H15FN2O2/c1-9(2)12(18)8-14-16-13(17-19-14)7-10-3-5-11(15)6-4-10/h3-6,9H,7-8H2,1-2H3. The normalized spacial score (nSPS) is 10.9. The molecule has 1 aromatic heterocycles. The Morgan fingerprint density at radius 3 is 2.63 bits per heavy atom. The number of benzene rings is 1. The van der Waals surface area contributed by atoms with Crippen molar-refractivity contribution in [1.29, 1.82) is 0 Å². The average molecular weight is 262 g/mol. The van der Waals surface area contributed by atoms with E-state index >= 15 is 0 Å². The maximum absolute atomic E-state index is 12.8. The summed E-state index contributed by atoms with van der Waals surface area (Å²) in [7, 11) is 0. The second-order valence-corrected chi connectivity index (χ2v) is 4.71. The van der Waals surface area contributed by atoms with Crippen LogP contribution in [0.25, 0.3) is 0 Å². The molecule has 0 saturated carbocycles. The summed E-state index contributed by atoms with van der Waals surface area (Å²) in [4.78, 5) is 15.7. The van der Waals surface area contributed by atoms with Crippen LogP contribution in [0.3, 0.4) is 0 Å². The highest BCUT2D eigenvalue weighted by Crippen LogP contribution is 2.09. The minimum Gasteiger partial charge on any atom is -0.339 e. The van der Waals surface area contributed by atoms with Crippen LogP contribution < -0.4 is 0 Å². The molecule has 0 radical (unpaired) electrons. The average Bonchev–Trinajstić information content (AvgIpc) is 2.79. The molecule has 0 N–H and O–H groups in total. The summed E-state index contributed by atoms with van der Waals surface area (Å²) >= 11 is 0. The molecular formula is C14H15FN2O2. The molecule has 0 aliphatic heterocycles. The van der Waals surface area contributed by atoms with E-state index in [1.165, 1.54) is 12.1 Å². The number of ketones is 1. The zero-order valence-electron chi connectivity index (χ0n) is 10.9. The van der Waals surface area contributed by atoms with Crippen molar-refractivity contribution in [1.82, 2.24) is 10.1 Å². The van der Waals surface area contributed by atoms with Crippen LogP contribution in [0.15, 0.2) is 28.8 Å².